The lowest BCUT2D eigenvalue weighted by atomic mass is 10.1. The molecule has 0 bridgehead atoms. The zero-order chi connectivity index (χ0) is 13.4. The second-order valence-corrected chi connectivity index (χ2v) is 4.06. The first kappa shape index (κ1) is 15.6. The molecule has 0 radical (unpaired) electrons. The third-order valence-electron chi connectivity index (χ3n) is 2.29. The summed E-state index contributed by atoms with van der Waals surface area (Å²) >= 11 is 0. The number of nitrogens with one attached hydrogen (secondary N) is 1. The molecule has 17 heavy (non-hydrogen) atoms. The molecule has 3 N–H and O–H groups in total. The van der Waals surface area contributed by atoms with Gasteiger partial charge < -0.3 is 11.1 Å². The highest BCUT2D eigenvalue weighted by molar-refractivity contribution is 6.04. The van der Waals surface area contributed by atoms with Gasteiger partial charge in [-0.2, -0.15) is 0 Å². The van der Waals surface area contributed by atoms with Crippen LogP contribution in [0.4, 0.5) is 0 Å². The van der Waals surface area contributed by atoms with E-state index in [9.17, 15) is 4.79 Å². The predicted octanol–water partition coefficient (Wildman–Crippen LogP) is 1.78. The molecule has 0 rings (SSSR count). The molecule has 96 valence electrons. The fourth-order valence-electron chi connectivity index (χ4n) is 1.19. The summed E-state index contributed by atoms with van der Waals surface area (Å²) in [6, 6.07) is 0. The molecule has 0 atom stereocenters. The van der Waals surface area contributed by atoms with Crippen LogP contribution >= 0.6 is 0 Å². The Hall–Kier alpha value is -1.42. The Balaban J connectivity index is 5.04. The number of carbonyl (C=O) groups excluding carboxylic acids is 1. The predicted molar refractivity (Wildman–Crippen MR) is 73.0 cm³/mol. The molecular formula is C13H23N3O. The first-order chi connectivity index (χ1) is 7.93. The highest BCUT2D eigenvalue weighted by atomic mass is 16.1. The summed E-state index contributed by atoms with van der Waals surface area (Å²) in [5.41, 5.74) is 8.51. The third-order valence-corrected chi connectivity index (χ3v) is 2.29. The van der Waals surface area contributed by atoms with Crippen molar-refractivity contribution in [2.75, 3.05) is 13.1 Å². The average Bonchev–Trinajstić information content (AvgIpc) is 2.31. The molecule has 4 heteroatoms. The molecule has 0 unspecified atom stereocenters. The number of nitrogens with two attached hydrogens (primary N) is 1. The lowest BCUT2D eigenvalue weighted by Gasteiger charge is -2.13. The second-order valence-electron chi connectivity index (χ2n) is 4.06. The van der Waals surface area contributed by atoms with Crippen molar-refractivity contribution in [2.24, 2.45) is 10.7 Å². The van der Waals surface area contributed by atoms with Crippen LogP contribution in [0.3, 0.4) is 0 Å². The van der Waals surface area contributed by atoms with Gasteiger partial charge in [0.1, 0.15) is 0 Å². The quantitative estimate of drug-likeness (QED) is 0.546. The first-order valence-electron chi connectivity index (χ1n) is 5.82. The minimum atomic E-state index is -0.196. The highest BCUT2D eigenvalue weighted by Crippen LogP contribution is 2.04. The molecule has 0 aliphatic carbocycles. The van der Waals surface area contributed by atoms with Crippen molar-refractivity contribution >= 4 is 11.6 Å². The van der Waals surface area contributed by atoms with Crippen molar-refractivity contribution in [3.63, 3.8) is 0 Å². The summed E-state index contributed by atoms with van der Waals surface area (Å²) in [5.74, 6) is -0.196. The molecule has 0 fully saturated rings. The smallest absolute Gasteiger partial charge is 0.250 e. The molecule has 0 spiro atoms. The number of allylic oxidation sites excluding steroid dienone is 1. The van der Waals surface area contributed by atoms with Crippen LogP contribution in [0.1, 0.15) is 34.1 Å². The fraction of sp³-hybridized carbons (Fsp3) is 0.538. The number of hydrogen-bond acceptors (Lipinski definition) is 3. The van der Waals surface area contributed by atoms with Crippen molar-refractivity contribution in [1.82, 2.24) is 5.32 Å². The zero-order valence-corrected chi connectivity index (χ0v) is 11.3. The van der Waals surface area contributed by atoms with Gasteiger partial charge in [-0.3, -0.25) is 9.79 Å². The maximum absolute atomic E-state index is 11.6. The van der Waals surface area contributed by atoms with Crippen LogP contribution in [-0.4, -0.2) is 24.7 Å². The Morgan fingerprint density at radius 3 is 2.35 bits per heavy atom. The molecule has 0 aliphatic heterocycles. The highest BCUT2D eigenvalue weighted by Gasteiger charge is 2.10. The number of hydrogen-bond donors (Lipinski definition) is 2. The summed E-state index contributed by atoms with van der Waals surface area (Å²) in [6.45, 7) is 12.2. The largest absolute Gasteiger partial charge is 0.327 e. The van der Waals surface area contributed by atoms with Crippen LogP contribution in [-0.2, 0) is 4.79 Å². The number of amides is 1. The summed E-state index contributed by atoms with van der Waals surface area (Å²) in [6.07, 6.45) is 0.973. The van der Waals surface area contributed by atoms with E-state index in [-0.39, 0.29) is 5.91 Å². The van der Waals surface area contributed by atoms with E-state index in [0.29, 0.717) is 17.8 Å². The van der Waals surface area contributed by atoms with Gasteiger partial charge >= 0.3 is 0 Å². The summed E-state index contributed by atoms with van der Waals surface area (Å²) in [5, 5.41) is 2.81. The molecule has 0 saturated carbocycles. The Morgan fingerprint density at radius 1 is 1.35 bits per heavy atom. The van der Waals surface area contributed by atoms with E-state index in [4.69, 9.17) is 5.73 Å². The topological polar surface area (TPSA) is 67.5 Å². The minimum Gasteiger partial charge on any atom is -0.327 e. The summed E-state index contributed by atoms with van der Waals surface area (Å²) in [4.78, 5) is 16.0. The molecule has 4 nitrogen and oxygen atoms in total. The van der Waals surface area contributed by atoms with E-state index in [1.807, 2.05) is 13.8 Å². The van der Waals surface area contributed by atoms with E-state index >= 15 is 0 Å². The van der Waals surface area contributed by atoms with E-state index in [2.05, 4.69) is 23.8 Å². The van der Waals surface area contributed by atoms with Crippen molar-refractivity contribution in [1.29, 1.82) is 0 Å². The Bertz CT molecular complexity index is 354. The van der Waals surface area contributed by atoms with Gasteiger partial charge in [0, 0.05) is 18.7 Å². The Labute approximate surface area is 104 Å². The van der Waals surface area contributed by atoms with Crippen LogP contribution < -0.4 is 11.1 Å². The number of aliphatic imine (C=N–C) groups is 1. The van der Waals surface area contributed by atoms with Gasteiger partial charge in [-0.05, 0) is 32.8 Å². The number of carbonyl (C=O) groups is 1. The third kappa shape index (κ3) is 5.45. The van der Waals surface area contributed by atoms with Gasteiger partial charge in [0.2, 0.25) is 0 Å². The van der Waals surface area contributed by atoms with Crippen LogP contribution in [0.25, 0.3) is 0 Å². The van der Waals surface area contributed by atoms with Gasteiger partial charge in [-0.15, -0.1) is 0 Å². The maximum atomic E-state index is 11.6. The molecule has 0 aliphatic rings. The summed E-state index contributed by atoms with van der Waals surface area (Å²) < 4.78 is 0. The number of nitrogens with zero attached hydrogens (tertiary/aromatic N) is 1. The van der Waals surface area contributed by atoms with Gasteiger partial charge in [0.15, 0.2) is 0 Å². The maximum Gasteiger partial charge on any atom is 0.250 e. The van der Waals surface area contributed by atoms with Gasteiger partial charge in [-0.1, -0.05) is 13.5 Å². The summed E-state index contributed by atoms with van der Waals surface area (Å²) in [7, 11) is 0. The standard InChI is InChI=1S/C13H23N3O/c1-6-7-15-11(5)12(10(4)8-14)16-13(17)9(2)3/h2,6-8,14H2,1,3-5H3,(H,16,17)/b12-10+,15-11?. The lowest BCUT2D eigenvalue weighted by Crippen LogP contribution is -2.29. The normalized spacial score (nSPS) is 13.1. The first-order valence-corrected chi connectivity index (χ1v) is 5.82. The molecule has 1 amide bonds. The van der Waals surface area contributed by atoms with Crippen LogP contribution in [0.15, 0.2) is 28.4 Å². The molecule has 0 aromatic heterocycles. The van der Waals surface area contributed by atoms with Crippen molar-refractivity contribution < 1.29 is 4.79 Å². The minimum absolute atomic E-state index is 0.196. The van der Waals surface area contributed by atoms with E-state index < -0.39 is 0 Å². The average molecular weight is 237 g/mol. The van der Waals surface area contributed by atoms with E-state index in [0.717, 1.165) is 24.3 Å². The number of rotatable bonds is 6. The fourth-order valence-corrected chi connectivity index (χ4v) is 1.19. The van der Waals surface area contributed by atoms with Crippen molar-refractivity contribution in [3.05, 3.63) is 23.4 Å². The lowest BCUT2D eigenvalue weighted by molar-refractivity contribution is -0.116. The van der Waals surface area contributed by atoms with Crippen molar-refractivity contribution in [3.8, 4) is 0 Å². The monoisotopic (exact) mass is 237 g/mol. The van der Waals surface area contributed by atoms with Crippen molar-refractivity contribution in [2.45, 2.75) is 34.1 Å². The molecule has 0 aromatic rings. The van der Waals surface area contributed by atoms with Gasteiger partial charge in [0.25, 0.3) is 5.91 Å². The van der Waals surface area contributed by atoms with Crippen LogP contribution in [0.2, 0.25) is 0 Å². The SMILES string of the molecule is C=C(C)C(=O)N/C(C(C)=NCCC)=C(\C)CN. The van der Waals surface area contributed by atoms with Gasteiger partial charge in [0.05, 0.1) is 11.4 Å². The van der Waals surface area contributed by atoms with Gasteiger partial charge in [-0.25, -0.2) is 0 Å². The molecule has 0 aromatic carbocycles. The molecular weight excluding hydrogens is 214 g/mol. The molecule has 0 heterocycles. The molecule has 0 saturated heterocycles. The Morgan fingerprint density at radius 2 is 1.94 bits per heavy atom. The van der Waals surface area contributed by atoms with Crippen LogP contribution in [0, 0.1) is 0 Å². The van der Waals surface area contributed by atoms with Crippen LogP contribution in [0.5, 0.6) is 0 Å². The van der Waals surface area contributed by atoms with E-state index in [1.165, 1.54) is 0 Å². The Kier molecular flexibility index (Phi) is 7.14. The zero-order valence-electron chi connectivity index (χ0n) is 11.3. The van der Waals surface area contributed by atoms with E-state index in [1.54, 1.807) is 6.92 Å². The second kappa shape index (κ2) is 7.79.